The summed E-state index contributed by atoms with van der Waals surface area (Å²) in [5, 5.41) is 23.8. The minimum Gasteiger partial charge on any atom is -0.390 e. The van der Waals surface area contributed by atoms with Crippen LogP contribution < -0.4 is 15.5 Å². The van der Waals surface area contributed by atoms with Crippen molar-refractivity contribution >= 4 is 16.9 Å². The molecule has 0 unspecified atom stereocenters. The van der Waals surface area contributed by atoms with E-state index in [1.165, 1.54) is 11.1 Å². The lowest BCUT2D eigenvalue weighted by molar-refractivity contribution is 0.134. The predicted octanol–water partition coefficient (Wildman–Crippen LogP) is 1.48. The molecule has 0 spiro atoms. The number of anilines is 2. The topological polar surface area (TPSA) is 97.1 Å². The molecule has 3 aliphatic heterocycles. The van der Waals surface area contributed by atoms with Gasteiger partial charge in [0.2, 0.25) is 0 Å². The third-order valence-electron chi connectivity index (χ3n) is 7.37. The summed E-state index contributed by atoms with van der Waals surface area (Å²) in [6.07, 6.45) is 1.29. The number of piperazine rings is 1. The summed E-state index contributed by atoms with van der Waals surface area (Å²) >= 11 is 0. The first-order valence-corrected chi connectivity index (χ1v) is 11.2. The number of hydrogen-bond acceptors (Lipinski definition) is 7. The predicted molar refractivity (Wildman–Crippen MR) is 123 cm³/mol. The standard InChI is InChI=1S/C24H27N7O/c1-15-10-29(21-5-3-18(9-25)31-22(21)6-7-27-31)13-23-19-4-2-17(8-16(19)11-30(15)23)28-12-20(26)24(32)14-28/h2-8,15,20,23-24,32H,10-14,26H2,1H3/t15-,20+,23-,24+/m1/s1. The lowest BCUT2D eigenvalue weighted by Crippen LogP contribution is -2.51. The monoisotopic (exact) mass is 429 g/mol. The maximum atomic E-state index is 10.1. The Bertz CT molecular complexity index is 1220. The summed E-state index contributed by atoms with van der Waals surface area (Å²) in [4.78, 5) is 7.21. The van der Waals surface area contributed by atoms with Crippen molar-refractivity contribution in [1.29, 1.82) is 5.26 Å². The van der Waals surface area contributed by atoms with Gasteiger partial charge in [0.15, 0.2) is 0 Å². The maximum Gasteiger partial charge on any atom is 0.142 e. The third kappa shape index (κ3) is 2.89. The van der Waals surface area contributed by atoms with Crippen molar-refractivity contribution in [2.75, 3.05) is 36.0 Å². The molecule has 32 heavy (non-hydrogen) atoms. The van der Waals surface area contributed by atoms with Crippen LogP contribution in [-0.4, -0.2) is 64.0 Å². The zero-order valence-corrected chi connectivity index (χ0v) is 18.1. The molecule has 2 fully saturated rings. The van der Waals surface area contributed by atoms with Crippen LogP contribution in [-0.2, 0) is 6.54 Å². The third-order valence-corrected chi connectivity index (χ3v) is 7.37. The van der Waals surface area contributed by atoms with E-state index in [0.29, 0.717) is 30.9 Å². The quantitative estimate of drug-likeness (QED) is 0.637. The number of pyridine rings is 1. The molecule has 0 aliphatic carbocycles. The normalized spacial score (nSPS) is 27.6. The smallest absolute Gasteiger partial charge is 0.142 e. The summed E-state index contributed by atoms with van der Waals surface area (Å²) in [5.74, 6) is 0. The Labute approximate surface area is 187 Å². The van der Waals surface area contributed by atoms with Gasteiger partial charge in [-0.25, -0.2) is 4.52 Å². The molecule has 4 atom stereocenters. The minimum atomic E-state index is -0.462. The molecule has 5 heterocycles. The van der Waals surface area contributed by atoms with Crippen molar-refractivity contribution in [3.63, 3.8) is 0 Å². The summed E-state index contributed by atoms with van der Waals surface area (Å²) in [7, 11) is 0. The average molecular weight is 430 g/mol. The van der Waals surface area contributed by atoms with E-state index in [-0.39, 0.29) is 6.04 Å². The minimum absolute atomic E-state index is 0.184. The van der Waals surface area contributed by atoms with E-state index < -0.39 is 6.10 Å². The first-order valence-electron chi connectivity index (χ1n) is 11.2. The van der Waals surface area contributed by atoms with E-state index in [1.807, 2.05) is 12.1 Å². The van der Waals surface area contributed by atoms with E-state index in [2.05, 4.69) is 57.1 Å². The molecule has 2 aromatic heterocycles. The fourth-order valence-corrected chi connectivity index (χ4v) is 5.68. The molecule has 0 saturated carbocycles. The molecule has 8 nitrogen and oxygen atoms in total. The lowest BCUT2D eigenvalue weighted by atomic mass is 10.0. The van der Waals surface area contributed by atoms with Crippen LogP contribution in [0, 0.1) is 11.3 Å². The molecule has 8 heteroatoms. The average Bonchev–Trinajstić information content (AvgIpc) is 3.50. The molecule has 1 aromatic carbocycles. The van der Waals surface area contributed by atoms with Crippen molar-refractivity contribution in [2.45, 2.75) is 37.7 Å². The number of nitrogens with zero attached hydrogens (tertiary/aromatic N) is 6. The highest BCUT2D eigenvalue weighted by molar-refractivity contribution is 5.74. The van der Waals surface area contributed by atoms with Gasteiger partial charge in [-0.3, -0.25) is 4.90 Å². The van der Waals surface area contributed by atoms with Gasteiger partial charge in [0.1, 0.15) is 11.8 Å². The molecule has 3 N–H and O–H groups in total. The van der Waals surface area contributed by atoms with Gasteiger partial charge < -0.3 is 20.6 Å². The van der Waals surface area contributed by atoms with Crippen LogP contribution in [0.3, 0.4) is 0 Å². The van der Waals surface area contributed by atoms with Gasteiger partial charge in [0.25, 0.3) is 0 Å². The highest BCUT2D eigenvalue weighted by atomic mass is 16.3. The highest BCUT2D eigenvalue weighted by Gasteiger charge is 2.40. The van der Waals surface area contributed by atoms with Crippen LogP contribution in [0.15, 0.2) is 42.6 Å². The van der Waals surface area contributed by atoms with Gasteiger partial charge in [-0.15, -0.1) is 0 Å². The van der Waals surface area contributed by atoms with Crippen molar-refractivity contribution in [3.8, 4) is 6.07 Å². The number of aliphatic hydroxyl groups is 1. The molecule has 0 radical (unpaired) electrons. The first-order chi connectivity index (χ1) is 15.5. The maximum absolute atomic E-state index is 10.1. The molecule has 2 saturated heterocycles. The van der Waals surface area contributed by atoms with E-state index in [9.17, 15) is 10.4 Å². The second-order valence-electron chi connectivity index (χ2n) is 9.31. The van der Waals surface area contributed by atoms with Crippen molar-refractivity contribution in [3.05, 3.63) is 59.4 Å². The number of aliphatic hydroxyl groups excluding tert-OH is 1. The summed E-state index contributed by atoms with van der Waals surface area (Å²) < 4.78 is 1.73. The van der Waals surface area contributed by atoms with Crippen molar-refractivity contribution in [1.82, 2.24) is 14.5 Å². The van der Waals surface area contributed by atoms with Gasteiger partial charge in [0.05, 0.1) is 29.5 Å². The van der Waals surface area contributed by atoms with E-state index in [1.54, 1.807) is 10.7 Å². The highest BCUT2D eigenvalue weighted by Crippen LogP contribution is 2.42. The molecule has 6 rings (SSSR count). The SMILES string of the molecule is C[C@@H]1CN(c2ccc(C#N)n3nccc23)C[C@@H]2c3ccc(N4C[C@H](N)[C@@H](O)C4)cc3CN12. The first kappa shape index (κ1) is 19.6. The van der Waals surface area contributed by atoms with Gasteiger partial charge in [-0.1, -0.05) is 6.07 Å². The van der Waals surface area contributed by atoms with E-state index in [4.69, 9.17) is 5.73 Å². The number of aromatic nitrogens is 2. The van der Waals surface area contributed by atoms with Gasteiger partial charge >= 0.3 is 0 Å². The number of rotatable bonds is 2. The Morgan fingerprint density at radius 1 is 1.09 bits per heavy atom. The number of hydrogen-bond donors (Lipinski definition) is 2. The molecule has 3 aliphatic rings. The molecule has 3 aromatic rings. The number of β-amino-alcohol motifs (C(OH)–C–C–N with tert-alkyl or cyclic N) is 1. The zero-order chi connectivity index (χ0) is 22.0. The Hall–Kier alpha value is -3.12. The number of nitriles is 1. The van der Waals surface area contributed by atoms with Crippen LogP contribution in [0.25, 0.3) is 5.52 Å². The van der Waals surface area contributed by atoms with Crippen LogP contribution in [0.4, 0.5) is 11.4 Å². The zero-order valence-electron chi connectivity index (χ0n) is 18.1. The Kier molecular flexibility index (Phi) is 4.40. The summed E-state index contributed by atoms with van der Waals surface area (Å²) in [5.41, 5.74) is 12.6. The van der Waals surface area contributed by atoms with Crippen LogP contribution in [0.1, 0.15) is 29.8 Å². The number of fused-ring (bicyclic) bond motifs is 4. The molecule has 0 amide bonds. The van der Waals surface area contributed by atoms with Crippen LogP contribution in [0.2, 0.25) is 0 Å². The van der Waals surface area contributed by atoms with Gasteiger partial charge in [-0.2, -0.15) is 10.4 Å². The molecule has 164 valence electrons. The van der Waals surface area contributed by atoms with Gasteiger partial charge in [0, 0.05) is 50.5 Å². The fourth-order valence-electron chi connectivity index (χ4n) is 5.68. The van der Waals surface area contributed by atoms with Crippen molar-refractivity contribution < 1.29 is 5.11 Å². The number of benzene rings is 1. The summed E-state index contributed by atoms with van der Waals surface area (Å²) in [6.45, 7) is 6.35. The second kappa shape index (κ2) is 7.20. The Morgan fingerprint density at radius 2 is 1.97 bits per heavy atom. The van der Waals surface area contributed by atoms with Gasteiger partial charge in [-0.05, 0) is 48.4 Å². The molecule has 0 bridgehead atoms. The number of nitrogens with two attached hydrogens (primary N) is 1. The lowest BCUT2D eigenvalue weighted by Gasteiger charge is -2.43. The van der Waals surface area contributed by atoms with Crippen molar-refractivity contribution in [2.24, 2.45) is 5.73 Å². The fraction of sp³-hybridized carbons (Fsp3) is 0.417. The van der Waals surface area contributed by atoms with E-state index >= 15 is 0 Å². The molecular weight excluding hydrogens is 402 g/mol. The Morgan fingerprint density at radius 3 is 2.75 bits per heavy atom. The Balaban J connectivity index is 1.31. The van der Waals surface area contributed by atoms with E-state index in [0.717, 1.165) is 36.5 Å². The van der Waals surface area contributed by atoms with Crippen LogP contribution in [0.5, 0.6) is 0 Å². The second-order valence-corrected chi connectivity index (χ2v) is 9.31. The largest absolute Gasteiger partial charge is 0.390 e. The van der Waals surface area contributed by atoms with Crippen LogP contribution >= 0.6 is 0 Å². The summed E-state index contributed by atoms with van der Waals surface area (Å²) in [6, 6.07) is 15.4. The molecular formula is C24H27N7O.